The monoisotopic (exact) mass is 344 g/mol. The van der Waals surface area contributed by atoms with Crippen molar-refractivity contribution in [2.24, 2.45) is 0 Å². The third-order valence-corrected chi connectivity index (χ3v) is 4.86. The topological polar surface area (TPSA) is 92.4 Å². The van der Waals surface area contributed by atoms with Gasteiger partial charge in [0.15, 0.2) is 5.78 Å². The highest BCUT2D eigenvalue weighted by Gasteiger charge is 2.16. The number of fused-ring (bicyclic) bond motifs is 1. The van der Waals surface area contributed by atoms with E-state index in [2.05, 4.69) is 4.98 Å². The zero-order valence-electron chi connectivity index (χ0n) is 13.1. The van der Waals surface area contributed by atoms with Gasteiger partial charge < -0.3 is 14.4 Å². The fourth-order valence-electron chi connectivity index (χ4n) is 2.55. The minimum absolute atomic E-state index is 0.00225. The van der Waals surface area contributed by atoms with Crippen LogP contribution in [0.2, 0.25) is 0 Å². The van der Waals surface area contributed by atoms with Gasteiger partial charge in [0.1, 0.15) is 0 Å². The number of imidazole rings is 1. The maximum absolute atomic E-state index is 11.9. The van der Waals surface area contributed by atoms with Crippen molar-refractivity contribution < 1.29 is 19.1 Å². The molecule has 0 unspecified atom stereocenters. The first-order chi connectivity index (χ1) is 11.4. The molecule has 1 aromatic heterocycles. The largest absolute Gasteiger partial charge is 0.356 e. The first kappa shape index (κ1) is 16.6. The molecule has 0 spiro atoms. The van der Waals surface area contributed by atoms with E-state index in [1.807, 2.05) is 23.6 Å². The van der Waals surface area contributed by atoms with Crippen molar-refractivity contribution in [3.8, 4) is 0 Å². The second-order valence-electron chi connectivity index (χ2n) is 5.56. The molecule has 0 saturated heterocycles. The summed E-state index contributed by atoms with van der Waals surface area (Å²) >= 11 is 0. The molecule has 7 heteroatoms. The summed E-state index contributed by atoms with van der Waals surface area (Å²) in [5.74, 6) is 0.0793. The number of hydrogen-bond donors (Lipinski definition) is 2. The number of carbonyl (C=O) groups excluding carboxylic acids is 1. The Morgan fingerprint density at radius 1 is 1.17 bits per heavy atom. The standard InChI is InChI=1S/C17H17N2O4P/c1-2-17(20)13-5-8-15-16(9-13)19(11-18-15)10-12-3-6-14(7-4-12)24(21,22)23/h3-9,11H,2,10H2,1H3,(H2,21,22,23). The summed E-state index contributed by atoms with van der Waals surface area (Å²) in [7, 11) is -4.23. The zero-order chi connectivity index (χ0) is 17.3. The van der Waals surface area contributed by atoms with Gasteiger partial charge in [-0.2, -0.15) is 0 Å². The normalized spacial score (nSPS) is 11.8. The molecule has 2 N–H and O–H groups in total. The van der Waals surface area contributed by atoms with E-state index < -0.39 is 7.60 Å². The van der Waals surface area contributed by atoms with E-state index in [1.165, 1.54) is 12.1 Å². The predicted octanol–water partition coefficient (Wildman–Crippen LogP) is 2.48. The highest BCUT2D eigenvalue weighted by Crippen LogP contribution is 2.32. The summed E-state index contributed by atoms with van der Waals surface area (Å²) < 4.78 is 13.1. The van der Waals surface area contributed by atoms with E-state index in [9.17, 15) is 9.36 Å². The lowest BCUT2D eigenvalue weighted by atomic mass is 10.1. The van der Waals surface area contributed by atoms with Crippen molar-refractivity contribution in [1.82, 2.24) is 9.55 Å². The van der Waals surface area contributed by atoms with Crippen LogP contribution >= 0.6 is 7.60 Å². The molecule has 0 radical (unpaired) electrons. The molecule has 3 aromatic rings. The van der Waals surface area contributed by atoms with E-state index in [4.69, 9.17) is 9.79 Å². The van der Waals surface area contributed by atoms with Crippen LogP contribution in [0.4, 0.5) is 0 Å². The fraction of sp³-hybridized carbons (Fsp3) is 0.176. The van der Waals surface area contributed by atoms with Crippen molar-refractivity contribution in [1.29, 1.82) is 0 Å². The maximum Gasteiger partial charge on any atom is 0.356 e. The molecule has 0 aliphatic rings. The van der Waals surface area contributed by atoms with Crippen LogP contribution in [-0.2, 0) is 11.1 Å². The fourth-order valence-corrected chi connectivity index (χ4v) is 3.09. The summed E-state index contributed by atoms with van der Waals surface area (Å²) in [6.45, 7) is 2.33. The van der Waals surface area contributed by atoms with E-state index in [-0.39, 0.29) is 11.1 Å². The van der Waals surface area contributed by atoms with Crippen LogP contribution in [0, 0.1) is 0 Å². The van der Waals surface area contributed by atoms with Crippen molar-refractivity contribution >= 4 is 29.7 Å². The van der Waals surface area contributed by atoms with E-state index in [0.29, 0.717) is 18.5 Å². The van der Waals surface area contributed by atoms with Crippen LogP contribution < -0.4 is 5.30 Å². The molecule has 6 nitrogen and oxygen atoms in total. The second kappa shape index (κ2) is 6.32. The molecule has 0 aliphatic carbocycles. The molecule has 0 fully saturated rings. The summed E-state index contributed by atoms with van der Waals surface area (Å²) in [4.78, 5) is 34.5. The zero-order valence-corrected chi connectivity index (χ0v) is 14.0. The van der Waals surface area contributed by atoms with Gasteiger partial charge in [0.25, 0.3) is 0 Å². The summed E-state index contributed by atoms with van der Waals surface area (Å²) in [5, 5.41) is -0.00225. The Labute approximate surface area is 138 Å². The van der Waals surface area contributed by atoms with Crippen LogP contribution in [-0.4, -0.2) is 25.1 Å². The molecule has 3 rings (SSSR count). The lowest BCUT2D eigenvalue weighted by molar-refractivity contribution is 0.0988. The Hall–Kier alpha value is -2.27. The molecule has 124 valence electrons. The Morgan fingerprint density at radius 3 is 2.50 bits per heavy atom. The van der Waals surface area contributed by atoms with Gasteiger partial charge in [-0.15, -0.1) is 0 Å². The lowest BCUT2D eigenvalue weighted by Gasteiger charge is -2.08. The molecular formula is C17H17N2O4P. The summed E-state index contributed by atoms with van der Waals surface area (Å²) in [6.07, 6.45) is 2.14. The SMILES string of the molecule is CCC(=O)c1ccc2ncn(Cc3ccc(P(=O)(O)O)cc3)c2c1. The molecule has 0 aliphatic heterocycles. The third kappa shape index (κ3) is 3.31. The average molecular weight is 344 g/mol. The Kier molecular flexibility index (Phi) is 4.37. The molecule has 0 amide bonds. The van der Waals surface area contributed by atoms with Gasteiger partial charge in [0.05, 0.1) is 22.7 Å². The van der Waals surface area contributed by atoms with Crippen molar-refractivity contribution in [3.05, 3.63) is 59.9 Å². The lowest BCUT2D eigenvalue weighted by Crippen LogP contribution is -2.05. The van der Waals surface area contributed by atoms with Gasteiger partial charge in [0.2, 0.25) is 0 Å². The number of benzene rings is 2. The highest BCUT2D eigenvalue weighted by atomic mass is 31.2. The Bertz CT molecular complexity index is 941. The number of hydrogen-bond acceptors (Lipinski definition) is 3. The van der Waals surface area contributed by atoms with Gasteiger partial charge >= 0.3 is 7.60 Å². The Morgan fingerprint density at radius 2 is 1.88 bits per heavy atom. The van der Waals surface area contributed by atoms with Gasteiger partial charge in [-0.3, -0.25) is 9.36 Å². The molecule has 0 atom stereocenters. The molecular weight excluding hydrogens is 327 g/mol. The van der Waals surface area contributed by atoms with Crippen LogP contribution in [0.25, 0.3) is 11.0 Å². The Balaban J connectivity index is 1.92. The second-order valence-corrected chi connectivity index (χ2v) is 7.17. The van der Waals surface area contributed by atoms with Crippen molar-refractivity contribution in [2.75, 3.05) is 0 Å². The van der Waals surface area contributed by atoms with Gasteiger partial charge in [0, 0.05) is 18.5 Å². The first-order valence-corrected chi connectivity index (χ1v) is 9.13. The third-order valence-electron chi connectivity index (χ3n) is 3.89. The van der Waals surface area contributed by atoms with Gasteiger partial charge in [-0.1, -0.05) is 19.1 Å². The number of carbonyl (C=O) groups is 1. The van der Waals surface area contributed by atoms with E-state index in [0.717, 1.165) is 16.6 Å². The summed E-state index contributed by atoms with van der Waals surface area (Å²) in [5.41, 5.74) is 3.20. The van der Waals surface area contributed by atoms with Crippen LogP contribution in [0.5, 0.6) is 0 Å². The number of Topliss-reactive ketones (excluding diaryl/α,β-unsaturated/α-hetero) is 1. The first-order valence-electron chi connectivity index (χ1n) is 7.51. The summed E-state index contributed by atoms with van der Waals surface area (Å²) in [6, 6.07) is 11.7. The smallest absolute Gasteiger partial charge is 0.326 e. The number of nitrogens with zero attached hydrogens (tertiary/aromatic N) is 2. The predicted molar refractivity (Wildman–Crippen MR) is 91.6 cm³/mol. The van der Waals surface area contributed by atoms with Gasteiger partial charge in [-0.25, -0.2) is 4.98 Å². The molecule has 0 saturated carbocycles. The number of ketones is 1. The quantitative estimate of drug-likeness (QED) is 0.548. The van der Waals surface area contributed by atoms with Crippen molar-refractivity contribution in [2.45, 2.75) is 19.9 Å². The molecule has 0 bridgehead atoms. The molecule has 24 heavy (non-hydrogen) atoms. The highest BCUT2D eigenvalue weighted by molar-refractivity contribution is 7.60. The van der Waals surface area contributed by atoms with Crippen molar-refractivity contribution in [3.63, 3.8) is 0 Å². The maximum atomic E-state index is 11.9. The minimum atomic E-state index is -4.23. The minimum Gasteiger partial charge on any atom is -0.326 e. The van der Waals surface area contributed by atoms with Crippen LogP contribution in [0.1, 0.15) is 29.3 Å². The molecule has 2 aromatic carbocycles. The number of aromatic nitrogens is 2. The van der Waals surface area contributed by atoms with Crippen LogP contribution in [0.15, 0.2) is 48.8 Å². The average Bonchev–Trinajstić information content (AvgIpc) is 2.96. The molecule has 1 heterocycles. The van der Waals surface area contributed by atoms with Gasteiger partial charge in [-0.05, 0) is 35.9 Å². The van der Waals surface area contributed by atoms with Crippen LogP contribution in [0.3, 0.4) is 0 Å². The number of rotatable bonds is 5. The van der Waals surface area contributed by atoms with E-state index >= 15 is 0 Å². The van der Waals surface area contributed by atoms with E-state index in [1.54, 1.807) is 24.5 Å².